The Kier molecular flexibility index (Phi) is 4.54. The lowest BCUT2D eigenvalue weighted by atomic mass is 9.92. The summed E-state index contributed by atoms with van der Waals surface area (Å²) in [5.74, 6) is -0.0662. The lowest BCUT2D eigenvalue weighted by Crippen LogP contribution is -2.20. The number of rotatable bonds is 4. The van der Waals surface area contributed by atoms with E-state index in [1.54, 1.807) is 13.0 Å². The predicted octanol–water partition coefficient (Wildman–Crippen LogP) is 2.72. The van der Waals surface area contributed by atoms with E-state index in [0.717, 1.165) is 12.1 Å². The van der Waals surface area contributed by atoms with Crippen LogP contribution in [0.5, 0.6) is 0 Å². The predicted molar refractivity (Wildman–Crippen MR) is 59.2 cm³/mol. The van der Waals surface area contributed by atoms with Crippen molar-refractivity contribution in [2.75, 3.05) is 6.61 Å². The molecule has 1 rings (SSSR count). The molecule has 1 aromatic rings. The van der Waals surface area contributed by atoms with Gasteiger partial charge in [-0.15, -0.1) is 0 Å². The molecule has 0 radical (unpaired) electrons. The van der Waals surface area contributed by atoms with Crippen LogP contribution in [0.25, 0.3) is 0 Å². The highest BCUT2D eigenvalue weighted by Crippen LogP contribution is 2.31. The maximum absolute atomic E-state index is 12.5. The van der Waals surface area contributed by atoms with E-state index in [1.165, 1.54) is 6.07 Å². The molecule has 2 atom stereocenters. The summed E-state index contributed by atoms with van der Waals surface area (Å²) >= 11 is 0. The monoisotopic (exact) mass is 247 g/mol. The SMILES string of the molecule is CC(CCO)C(N)c1cccc(C(F)(F)F)c1. The average molecular weight is 247 g/mol. The second kappa shape index (κ2) is 5.51. The lowest BCUT2D eigenvalue weighted by molar-refractivity contribution is -0.137. The highest BCUT2D eigenvalue weighted by Gasteiger charge is 2.31. The van der Waals surface area contributed by atoms with Crippen LogP contribution in [0.3, 0.4) is 0 Å². The number of nitrogens with two attached hydrogens (primary N) is 1. The first-order chi connectivity index (χ1) is 7.86. The van der Waals surface area contributed by atoms with Crippen molar-refractivity contribution >= 4 is 0 Å². The number of hydrogen-bond acceptors (Lipinski definition) is 2. The van der Waals surface area contributed by atoms with E-state index in [2.05, 4.69) is 0 Å². The van der Waals surface area contributed by atoms with Crippen molar-refractivity contribution < 1.29 is 18.3 Å². The Labute approximate surface area is 98.3 Å². The van der Waals surface area contributed by atoms with Crippen LogP contribution >= 0.6 is 0 Å². The molecule has 3 N–H and O–H groups in total. The quantitative estimate of drug-likeness (QED) is 0.859. The smallest absolute Gasteiger partial charge is 0.396 e. The topological polar surface area (TPSA) is 46.2 Å². The third-order valence-corrected chi connectivity index (χ3v) is 2.80. The minimum Gasteiger partial charge on any atom is -0.396 e. The Hall–Kier alpha value is -1.07. The molecule has 0 saturated heterocycles. The number of aliphatic hydroxyl groups is 1. The molecule has 5 heteroatoms. The molecular weight excluding hydrogens is 231 g/mol. The number of hydrogen-bond donors (Lipinski definition) is 2. The van der Waals surface area contributed by atoms with Gasteiger partial charge in [-0.1, -0.05) is 19.1 Å². The van der Waals surface area contributed by atoms with Gasteiger partial charge in [-0.2, -0.15) is 13.2 Å². The normalized spacial score (nSPS) is 15.6. The van der Waals surface area contributed by atoms with Crippen molar-refractivity contribution in [2.24, 2.45) is 11.7 Å². The van der Waals surface area contributed by atoms with Crippen LogP contribution in [-0.2, 0) is 6.18 Å². The summed E-state index contributed by atoms with van der Waals surface area (Å²) in [6.45, 7) is 1.79. The molecule has 0 aliphatic heterocycles. The van der Waals surface area contributed by atoms with E-state index >= 15 is 0 Å². The maximum atomic E-state index is 12.5. The number of aliphatic hydroxyl groups excluding tert-OH is 1. The fraction of sp³-hybridized carbons (Fsp3) is 0.500. The Bertz CT molecular complexity index is 365. The van der Waals surface area contributed by atoms with Crippen LogP contribution in [0.1, 0.15) is 30.5 Å². The second-order valence-corrected chi connectivity index (χ2v) is 4.14. The van der Waals surface area contributed by atoms with Gasteiger partial charge in [0, 0.05) is 12.6 Å². The maximum Gasteiger partial charge on any atom is 0.416 e. The minimum absolute atomic E-state index is 0.0200. The van der Waals surface area contributed by atoms with E-state index in [1.807, 2.05) is 0 Å². The van der Waals surface area contributed by atoms with Gasteiger partial charge in [-0.3, -0.25) is 0 Å². The first-order valence-electron chi connectivity index (χ1n) is 5.40. The zero-order valence-electron chi connectivity index (χ0n) is 9.54. The van der Waals surface area contributed by atoms with Crippen LogP contribution in [-0.4, -0.2) is 11.7 Å². The van der Waals surface area contributed by atoms with E-state index in [4.69, 9.17) is 10.8 Å². The van der Waals surface area contributed by atoms with Gasteiger partial charge in [0.2, 0.25) is 0 Å². The van der Waals surface area contributed by atoms with Gasteiger partial charge < -0.3 is 10.8 Å². The van der Waals surface area contributed by atoms with Crippen molar-refractivity contribution in [2.45, 2.75) is 25.6 Å². The molecule has 17 heavy (non-hydrogen) atoms. The number of benzene rings is 1. The van der Waals surface area contributed by atoms with Gasteiger partial charge in [0.1, 0.15) is 0 Å². The average Bonchev–Trinajstić information content (AvgIpc) is 2.27. The number of alkyl halides is 3. The van der Waals surface area contributed by atoms with Gasteiger partial charge in [0.15, 0.2) is 0 Å². The molecule has 1 aromatic carbocycles. The zero-order valence-corrected chi connectivity index (χ0v) is 9.54. The molecular formula is C12H16F3NO. The Morgan fingerprint density at radius 3 is 2.53 bits per heavy atom. The molecule has 0 aromatic heterocycles. The van der Waals surface area contributed by atoms with Gasteiger partial charge in [0.25, 0.3) is 0 Å². The van der Waals surface area contributed by atoms with Crippen molar-refractivity contribution in [1.29, 1.82) is 0 Å². The van der Waals surface area contributed by atoms with Crippen LogP contribution < -0.4 is 5.73 Å². The standard InChI is InChI=1S/C12H16F3NO/c1-8(5-6-17)11(16)9-3-2-4-10(7-9)12(13,14)15/h2-4,7-8,11,17H,5-6,16H2,1H3. The second-order valence-electron chi connectivity index (χ2n) is 4.14. The lowest BCUT2D eigenvalue weighted by Gasteiger charge is -2.20. The molecule has 0 saturated carbocycles. The van der Waals surface area contributed by atoms with E-state index in [9.17, 15) is 13.2 Å². The highest BCUT2D eigenvalue weighted by atomic mass is 19.4. The molecule has 2 nitrogen and oxygen atoms in total. The summed E-state index contributed by atoms with van der Waals surface area (Å²) in [4.78, 5) is 0. The Morgan fingerprint density at radius 1 is 1.35 bits per heavy atom. The summed E-state index contributed by atoms with van der Waals surface area (Å²) in [6, 6.07) is 4.52. The molecule has 0 amide bonds. The molecule has 0 heterocycles. The van der Waals surface area contributed by atoms with E-state index in [-0.39, 0.29) is 12.5 Å². The molecule has 0 aliphatic rings. The number of halogens is 3. The van der Waals surface area contributed by atoms with Crippen molar-refractivity contribution in [3.05, 3.63) is 35.4 Å². The zero-order chi connectivity index (χ0) is 13.1. The van der Waals surface area contributed by atoms with Gasteiger partial charge in [-0.05, 0) is 30.0 Å². The fourth-order valence-electron chi connectivity index (χ4n) is 1.63. The summed E-state index contributed by atoms with van der Waals surface area (Å²) in [5.41, 5.74) is 5.61. The first-order valence-corrected chi connectivity index (χ1v) is 5.40. The third-order valence-electron chi connectivity index (χ3n) is 2.80. The van der Waals surface area contributed by atoms with E-state index in [0.29, 0.717) is 12.0 Å². The Balaban J connectivity index is 2.92. The van der Waals surface area contributed by atoms with Gasteiger partial charge in [-0.25, -0.2) is 0 Å². The minimum atomic E-state index is -4.35. The van der Waals surface area contributed by atoms with Crippen LogP contribution in [0.15, 0.2) is 24.3 Å². The fourth-order valence-corrected chi connectivity index (χ4v) is 1.63. The van der Waals surface area contributed by atoms with Gasteiger partial charge in [0.05, 0.1) is 5.56 Å². The molecule has 0 bridgehead atoms. The van der Waals surface area contributed by atoms with Crippen molar-refractivity contribution in [1.82, 2.24) is 0 Å². The third kappa shape index (κ3) is 3.71. The van der Waals surface area contributed by atoms with Crippen LogP contribution in [0, 0.1) is 5.92 Å². The summed E-state index contributed by atoms with van der Waals surface area (Å²) < 4.78 is 37.5. The van der Waals surface area contributed by atoms with Crippen molar-refractivity contribution in [3.63, 3.8) is 0 Å². The molecule has 2 unspecified atom stereocenters. The summed E-state index contributed by atoms with van der Waals surface area (Å²) in [7, 11) is 0. The molecule has 96 valence electrons. The molecule has 0 fully saturated rings. The van der Waals surface area contributed by atoms with Crippen LogP contribution in [0.4, 0.5) is 13.2 Å². The van der Waals surface area contributed by atoms with Crippen molar-refractivity contribution in [3.8, 4) is 0 Å². The molecule has 0 spiro atoms. The highest BCUT2D eigenvalue weighted by molar-refractivity contribution is 5.28. The first kappa shape index (κ1) is 14.0. The Morgan fingerprint density at radius 2 is 2.00 bits per heavy atom. The largest absolute Gasteiger partial charge is 0.416 e. The molecule has 0 aliphatic carbocycles. The van der Waals surface area contributed by atoms with Gasteiger partial charge >= 0.3 is 6.18 Å². The van der Waals surface area contributed by atoms with E-state index < -0.39 is 17.8 Å². The summed E-state index contributed by atoms with van der Waals surface area (Å²) in [6.07, 6.45) is -3.88. The summed E-state index contributed by atoms with van der Waals surface area (Å²) in [5, 5.41) is 8.78. The van der Waals surface area contributed by atoms with Crippen LogP contribution in [0.2, 0.25) is 0 Å².